The van der Waals surface area contributed by atoms with Gasteiger partial charge in [0.15, 0.2) is 0 Å². The molecule has 0 spiro atoms. The molecule has 1 fully saturated rings. The van der Waals surface area contributed by atoms with Crippen molar-refractivity contribution in [3.63, 3.8) is 0 Å². The minimum absolute atomic E-state index is 0.345. The van der Waals surface area contributed by atoms with E-state index >= 15 is 0 Å². The second-order valence-corrected chi connectivity index (χ2v) is 5.95. The molecule has 18 heavy (non-hydrogen) atoms. The molecule has 1 saturated heterocycles. The van der Waals surface area contributed by atoms with E-state index in [4.69, 9.17) is 5.73 Å². The van der Waals surface area contributed by atoms with E-state index in [0.29, 0.717) is 11.6 Å². The van der Waals surface area contributed by atoms with E-state index in [0.717, 1.165) is 18.0 Å². The fourth-order valence-electron chi connectivity index (χ4n) is 2.29. The van der Waals surface area contributed by atoms with Crippen molar-refractivity contribution in [2.45, 2.75) is 32.4 Å². The first-order chi connectivity index (χ1) is 8.65. The molecule has 0 aliphatic carbocycles. The summed E-state index contributed by atoms with van der Waals surface area (Å²) >= 11 is 1.59. The van der Waals surface area contributed by atoms with Crippen LogP contribution >= 0.6 is 11.3 Å². The highest BCUT2D eigenvalue weighted by molar-refractivity contribution is 7.10. The molecule has 0 aromatic carbocycles. The van der Waals surface area contributed by atoms with Crippen molar-refractivity contribution in [2.24, 2.45) is 5.73 Å². The number of hydrogen-bond acceptors (Lipinski definition) is 4. The number of rotatable bonds is 6. The van der Waals surface area contributed by atoms with Crippen molar-refractivity contribution in [1.29, 1.82) is 0 Å². The zero-order valence-corrected chi connectivity index (χ0v) is 11.6. The minimum atomic E-state index is -0.345. The Kier molecular flexibility index (Phi) is 4.74. The van der Waals surface area contributed by atoms with Crippen LogP contribution in [0.2, 0.25) is 0 Å². The smallest absolute Gasteiger partial charge is 0.249 e. The fourth-order valence-corrected chi connectivity index (χ4v) is 3.12. The Labute approximate surface area is 112 Å². The van der Waals surface area contributed by atoms with Gasteiger partial charge in [0.05, 0.1) is 5.56 Å². The van der Waals surface area contributed by atoms with Crippen LogP contribution in [-0.4, -0.2) is 36.5 Å². The van der Waals surface area contributed by atoms with Gasteiger partial charge in [0, 0.05) is 29.4 Å². The van der Waals surface area contributed by atoms with Crippen LogP contribution in [0.15, 0.2) is 11.4 Å². The molecule has 0 saturated carbocycles. The summed E-state index contributed by atoms with van der Waals surface area (Å²) in [6.07, 6.45) is 2.67. The molecule has 2 heterocycles. The van der Waals surface area contributed by atoms with Gasteiger partial charge >= 0.3 is 0 Å². The number of primary amides is 1. The standard InChI is InChI=1S/C13H21N3OS/c1-10(8-16-4-2-3-5-16)15-7-12-6-11(9-18-12)13(14)17/h6,9-10,15H,2-5,7-8H2,1H3,(H2,14,17). The molecule has 100 valence electrons. The second kappa shape index (κ2) is 6.31. The van der Waals surface area contributed by atoms with E-state index in [1.165, 1.54) is 25.9 Å². The van der Waals surface area contributed by atoms with Crippen molar-refractivity contribution >= 4 is 17.2 Å². The molecule has 1 aliphatic rings. The van der Waals surface area contributed by atoms with Crippen LogP contribution < -0.4 is 11.1 Å². The number of nitrogens with zero attached hydrogens (tertiary/aromatic N) is 1. The van der Waals surface area contributed by atoms with Crippen LogP contribution in [-0.2, 0) is 6.54 Å². The fraction of sp³-hybridized carbons (Fsp3) is 0.615. The summed E-state index contributed by atoms with van der Waals surface area (Å²) in [5, 5.41) is 5.32. The van der Waals surface area contributed by atoms with Crippen LogP contribution in [0.25, 0.3) is 0 Å². The highest BCUT2D eigenvalue weighted by atomic mass is 32.1. The number of carbonyl (C=O) groups is 1. The Hall–Kier alpha value is -0.910. The van der Waals surface area contributed by atoms with Crippen LogP contribution in [0.5, 0.6) is 0 Å². The first-order valence-electron chi connectivity index (χ1n) is 6.48. The molecular weight excluding hydrogens is 246 g/mol. The molecule has 2 rings (SSSR count). The monoisotopic (exact) mass is 267 g/mol. The van der Waals surface area contributed by atoms with E-state index in [-0.39, 0.29) is 5.91 Å². The maximum Gasteiger partial charge on any atom is 0.249 e. The molecule has 0 bridgehead atoms. The largest absolute Gasteiger partial charge is 0.366 e. The third-order valence-electron chi connectivity index (χ3n) is 3.29. The highest BCUT2D eigenvalue weighted by Crippen LogP contribution is 2.14. The summed E-state index contributed by atoms with van der Waals surface area (Å²) in [6.45, 7) is 6.59. The predicted molar refractivity (Wildman–Crippen MR) is 74.8 cm³/mol. The van der Waals surface area contributed by atoms with Gasteiger partial charge in [-0.25, -0.2) is 0 Å². The summed E-state index contributed by atoms with van der Waals surface area (Å²) in [6, 6.07) is 2.35. The molecule has 1 aromatic heterocycles. The number of amides is 1. The minimum Gasteiger partial charge on any atom is -0.366 e. The SMILES string of the molecule is CC(CN1CCCC1)NCc1cc(C(N)=O)cs1. The first-order valence-corrected chi connectivity index (χ1v) is 7.36. The molecule has 0 radical (unpaired) electrons. The Morgan fingerprint density at radius 2 is 2.28 bits per heavy atom. The van der Waals surface area contributed by atoms with E-state index < -0.39 is 0 Å². The summed E-state index contributed by atoms with van der Waals surface area (Å²) in [5.41, 5.74) is 5.85. The van der Waals surface area contributed by atoms with Crippen molar-refractivity contribution in [3.8, 4) is 0 Å². The maximum absolute atomic E-state index is 11.0. The molecule has 1 aliphatic heterocycles. The Morgan fingerprint density at radius 1 is 1.56 bits per heavy atom. The van der Waals surface area contributed by atoms with Gasteiger partial charge in [-0.1, -0.05) is 0 Å². The van der Waals surface area contributed by atoms with Crippen LogP contribution in [0.3, 0.4) is 0 Å². The molecule has 4 nitrogen and oxygen atoms in total. The van der Waals surface area contributed by atoms with Gasteiger partial charge in [-0.2, -0.15) is 0 Å². The van der Waals surface area contributed by atoms with Gasteiger partial charge < -0.3 is 16.0 Å². The Balaban J connectivity index is 1.74. The van der Waals surface area contributed by atoms with Crippen molar-refractivity contribution in [1.82, 2.24) is 10.2 Å². The normalized spacial score (nSPS) is 18.1. The van der Waals surface area contributed by atoms with Gasteiger partial charge in [-0.05, 0) is 38.9 Å². The van der Waals surface area contributed by atoms with Gasteiger partial charge in [0.1, 0.15) is 0 Å². The van der Waals surface area contributed by atoms with Crippen molar-refractivity contribution in [2.75, 3.05) is 19.6 Å². The lowest BCUT2D eigenvalue weighted by Crippen LogP contribution is -2.37. The molecular formula is C13H21N3OS. The molecule has 1 amide bonds. The van der Waals surface area contributed by atoms with Crippen LogP contribution in [0.4, 0.5) is 0 Å². The third-order valence-corrected chi connectivity index (χ3v) is 4.23. The number of nitrogens with two attached hydrogens (primary N) is 1. The highest BCUT2D eigenvalue weighted by Gasteiger charge is 2.14. The topological polar surface area (TPSA) is 58.4 Å². The molecule has 5 heteroatoms. The maximum atomic E-state index is 11.0. The van der Waals surface area contributed by atoms with Gasteiger partial charge in [0.2, 0.25) is 5.91 Å². The lowest BCUT2D eigenvalue weighted by Gasteiger charge is -2.20. The first kappa shape index (κ1) is 13.5. The summed E-state index contributed by atoms with van der Waals surface area (Å²) < 4.78 is 0. The lowest BCUT2D eigenvalue weighted by atomic mass is 10.2. The summed E-state index contributed by atoms with van der Waals surface area (Å²) in [4.78, 5) is 14.6. The van der Waals surface area contributed by atoms with E-state index in [1.807, 2.05) is 11.4 Å². The van der Waals surface area contributed by atoms with Crippen molar-refractivity contribution in [3.05, 3.63) is 21.9 Å². The third kappa shape index (κ3) is 3.80. The lowest BCUT2D eigenvalue weighted by molar-refractivity contribution is 0.100. The second-order valence-electron chi connectivity index (χ2n) is 4.96. The number of hydrogen-bond donors (Lipinski definition) is 2. The summed E-state index contributed by atoms with van der Waals surface area (Å²) in [5.74, 6) is -0.345. The number of likely N-dealkylation sites (tertiary alicyclic amines) is 1. The predicted octanol–water partition coefficient (Wildman–Crippen LogP) is 1.42. The van der Waals surface area contributed by atoms with Crippen LogP contribution in [0.1, 0.15) is 35.0 Å². The van der Waals surface area contributed by atoms with Crippen LogP contribution in [0, 0.1) is 0 Å². The number of nitrogens with one attached hydrogen (secondary N) is 1. The zero-order valence-electron chi connectivity index (χ0n) is 10.8. The van der Waals surface area contributed by atoms with E-state index in [2.05, 4.69) is 17.1 Å². The zero-order chi connectivity index (χ0) is 13.0. The Bertz CT molecular complexity index is 399. The Morgan fingerprint density at radius 3 is 2.89 bits per heavy atom. The summed E-state index contributed by atoms with van der Waals surface area (Å²) in [7, 11) is 0. The van der Waals surface area contributed by atoms with Gasteiger partial charge in [-0.15, -0.1) is 11.3 Å². The van der Waals surface area contributed by atoms with E-state index in [9.17, 15) is 4.79 Å². The van der Waals surface area contributed by atoms with Crippen molar-refractivity contribution < 1.29 is 4.79 Å². The molecule has 1 aromatic rings. The molecule has 1 unspecified atom stereocenters. The molecule has 1 atom stereocenters. The average Bonchev–Trinajstić information content (AvgIpc) is 2.96. The van der Waals surface area contributed by atoms with Gasteiger partial charge in [-0.3, -0.25) is 4.79 Å². The number of thiophene rings is 1. The average molecular weight is 267 g/mol. The quantitative estimate of drug-likeness (QED) is 0.819. The molecule has 3 N–H and O–H groups in total. The van der Waals surface area contributed by atoms with Gasteiger partial charge in [0.25, 0.3) is 0 Å². The van der Waals surface area contributed by atoms with E-state index in [1.54, 1.807) is 11.3 Å². The number of carbonyl (C=O) groups excluding carboxylic acids is 1.